The Balaban J connectivity index is 1.88. The predicted molar refractivity (Wildman–Crippen MR) is 78.1 cm³/mol. The van der Waals surface area contributed by atoms with Crippen LogP contribution in [0.5, 0.6) is 0 Å². The first-order valence-electron chi connectivity index (χ1n) is 7.10. The summed E-state index contributed by atoms with van der Waals surface area (Å²) >= 11 is 0. The quantitative estimate of drug-likeness (QED) is 0.874. The number of carbonyl (C=O) groups is 1. The Morgan fingerprint density at radius 2 is 2.30 bits per heavy atom. The van der Waals surface area contributed by atoms with Gasteiger partial charge in [-0.25, -0.2) is 4.98 Å². The van der Waals surface area contributed by atoms with E-state index >= 15 is 0 Å². The third-order valence-electron chi connectivity index (χ3n) is 4.23. The second kappa shape index (κ2) is 5.25. The van der Waals surface area contributed by atoms with Crippen LogP contribution < -0.4 is 11.1 Å². The molecule has 1 amide bonds. The van der Waals surface area contributed by atoms with E-state index in [9.17, 15) is 4.79 Å². The van der Waals surface area contributed by atoms with Crippen LogP contribution in [0.25, 0.3) is 11.0 Å². The SMILES string of the molecule is Cn1c(CC2NCCCC2C(N)=O)nc2ccccc21. The molecule has 20 heavy (non-hydrogen) atoms. The molecule has 2 unspecified atom stereocenters. The largest absolute Gasteiger partial charge is 0.369 e. The number of fused-ring (bicyclic) bond motifs is 1. The van der Waals surface area contributed by atoms with Crippen LogP contribution in [0.3, 0.4) is 0 Å². The molecular weight excluding hydrogens is 252 g/mol. The molecule has 1 aromatic heterocycles. The number of benzene rings is 1. The zero-order valence-corrected chi connectivity index (χ0v) is 11.7. The summed E-state index contributed by atoms with van der Waals surface area (Å²) in [6, 6.07) is 8.17. The normalized spacial score (nSPS) is 23.1. The third-order valence-corrected chi connectivity index (χ3v) is 4.23. The number of para-hydroxylation sites is 2. The summed E-state index contributed by atoms with van der Waals surface area (Å²) in [5, 5.41) is 3.42. The molecule has 2 heterocycles. The highest BCUT2D eigenvalue weighted by Crippen LogP contribution is 2.21. The lowest BCUT2D eigenvalue weighted by atomic mass is 9.88. The molecule has 2 aromatic rings. The van der Waals surface area contributed by atoms with Crippen molar-refractivity contribution in [1.82, 2.24) is 14.9 Å². The van der Waals surface area contributed by atoms with Crippen LogP contribution >= 0.6 is 0 Å². The molecule has 0 spiro atoms. The topological polar surface area (TPSA) is 72.9 Å². The zero-order valence-electron chi connectivity index (χ0n) is 11.7. The van der Waals surface area contributed by atoms with Crippen molar-refractivity contribution >= 4 is 16.9 Å². The van der Waals surface area contributed by atoms with Crippen molar-refractivity contribution in [2.24, 2.45) is 18.7 Å². The number of primary amides is 1. The molecule has 1 saturated heterocycles. The lowest BCUT2D eigenvalue weighted by Gasteiger charge is -2.30. The molecule has 0 radical (unpaired) electrons. The maximum Gasteiger partial charge on any atom is 0.222 e. The van der Waals surface area contributed by atoms with Crippen molar-refractivity contribution in [2.75, 3.05) is 6.54 Å². The van der Waals surface area contributed by atoms with Crippen LogP contribution in [0.4, 0.5) is 0 Å². The highest BCUT2D eigenvalue weighted by molar-refractivity contribution is 5.78. The van der Waals surface area contributed by atoms with Gasteiger partial charge in [-0.1, -0.05) is 12.1 Å². The molecule has 1 aliphatic rings. The van der Waals surface area contributed by atoms with Gasteiger partial charge in [-0.3, -0.25) is 4.79 Å². The van der Waals surface area contributed by atoms with Gasteiger partial charge >= 0.3 is 0 Å². The van der Waals surface area contributed by atoms with Crippen molar-refractivity contribution in [3.8, 4) is 0 Å². The average molecular weight is 272 g/mol. The van der Waals surface area contributed by atoms with Gasteiger partial charge in [-0.2, -0.15) is 0 Å². The first-order chi connectivity index (χ1) is 9.66. The average Bonchev–Trinajstić information content (AvgIpc) is 2.76. The molecule has 0 saturated carbocycles. The van der Waals surface area contributed by atoms with Crippen LogP contribution in [-0.4, -0.2) is 28.0 Å². The van der Waals surface area contributed by atoms with Crippen LogP contribution in [0.15, 0.2) is 24.3 Å². The highest BCUT2D eigenvalue weighted by atomic mass is 16.1. The molecular formula is C15H20N4O. The minimum atomic E-state index is -0.207. The number of carbonyl (C=O) groups excluding carboxylic acids is 1. The lowest BCUT2D eigenvalue weighted by Crippen LogP contribution is -2.48. The van der Waals surface area contributed by atoms with Crippen LogP contribution in [0.1, 0.15) is 18.7 Å². The van der Waals surface area contributed by atoms with E-state index in [1.807, 2.05) is 25.2 Å². The molecule has 3 N–H and O–H groups in total. The summed E-state index contributed by atoms with van der Waals surface area (Å²) in [6.45, 7) is 0.943. The van der Waals surface area contributed by atoms with Gasteiger partial charge in [0.1, 0.15) is 5.82 Å². The number of hydrogen-bond donors (Lipinski definition) is 2. The summed E-state index contributed by atoms with van der Waals surface area (Å²) in [5.74, 6) is 0.696. The van der Waals surface area contributed by atoms with Crippen molar-refractivity contribution in [2.45, 2.75) is 25.3 Å². The smallest absolute Gasteiger partial charge is 0.222 e. The minimum Gasteiger partial charge on any atom is -0.369 e. The first-order valence-corrected chi connectivity index (χ1v) is 7.10. The van der Waals surface area contributed by atoms with Crippen LogP contribution in [-0.2, 0) is 18.3 Å². The fraction of sp³-hybridized carbons (Fsp3) is 0.467. The van der Waals surface area contributed by atoms with Crippen molar-refractivity contribution in [3.63, 3.8) is 0 Å². The highest BCUT2D eigenvalue weighted by Gasteiger charge is 2.30. The zero-order chi connectivity index (χ0) is 14.1. The Kier molecular flexibility index (Phi) is 3.44. The molecule has 1 aromatic carbocycles. The Hall–Kier alpha value is -1.88. The molecule has 5 nitrogen and oxygen atoms in total. The van der Waals surface area contributed by atoms with E-state index in [-0.39, 0.29) is 17.9 Å². The number of rotatable bonds is 3. The molecule has 3 rings (SSSR count). The molecule has 106 valence electrons. The van der Waals surface area contributed by atoms with Crippen molar-refractivity contribution < 1.29 is 4.79 Å². The minimum absolute atomic E-state index is 0.0939. The number of amides is 1. The lowest BCUT2D eigenvalue weighted by molar-refractivity contribution is -0.123. The second-order valence-electron chi connectivity index (χ2n) is 5.49. The number of aryl methyl sites for hydroxylation is 1. The second-order valence-corrected chi connectivity index (χ2v) is 5.49. The van der Waals surface area contributed by atoms with Gasteiger partial charge in [-0.15, -0.1) is 0 Å². The molecule has 0 aliphatic carbocycles. The standard InChI is InChI=1S/C15H20N4O/c1-19-13-7-3-2-6-11(13)18-14(19)9-12-10(15(16)20)5-4-8-17-12/h2-3,6-7,10,12,17H,4-5,8-9H2,1H3,(H2,16,20). The van der Waals surface area contributed by atoms with Gasteiger partial charge in [0.05, 0.1) is 17.0 Å². The van der Waals surface area contributed by atoms with Gasteiger partial charge < -0.3 is 15.6 Å². The van der Waals surface area contributed by atoms with E-state index in [2.05, 4.69) is 20.9 Å². The summed E-state index contributed by atoms with van der Waals surface area (Å²) in [7, 11) is 2.02. The number of nitrogens with zero attached hydrogens (tertiary/aromatic N) is 2. The molecule has 0 bridgehead atoms. The van der Waals surface area contributed by atoms with E-state index in [0.29, 0.717) is 0 Å². The maximum atomic E-state index is 11.6. The molecule has 1 fully saturated rings. The van der Waals surface area contributed by atoms with Gasteiger partial charge in [0.2, 0.25) is 5.91 Å². The van der Waals surface area contributed by atoms with Crippen molar-refractivity contribution in [3.05, 3.63) is 30.1 Å². The fourth-order valence-corrected chi connectivity index (χ4v) is 3.08. The number of imidazole rings is 1. The van der Waals surface area contributed by atoms with Crippen molar-refractivity contribution in [1.29, 1.82) is 0 Å². The van der Waals surface area contributed by atoms with E-state index in [1.54, 1.807) is 0 Å². The Labute approximate surface area is 118 Å². The van der Waals surface area contributed by atoms with E-state index in [0.717, 1.165) is 42.7 Å². The predicted octanol–water partition coefficient (Wildman–Crippen LogP) is 0.969. The maximum absolute atomic E-state index is 11.6. The van der Waals surface area contributed by atoms with Crippen LogP contribution in [0, 0.1) is 5.92 Å². The monoisotopic (exact) mass is 272 g/mol. The van der Waals surface area contributed by atoms with E-state index in [4.69, 9.17) is 5.73 Å². The number of piperidine rings is 1. The van der Waals surface area contributed by atoms with Gasteiger partial charge in [0.15, 0.2) is 0 Å². The molecule has 5 heteroatoms. The van der Waals surface area contributed by atoms with E-state index < -0.39 is 0 Å². The van der Waals surface area contributed by atoms with Gasteiger partial charge in [0.25, 0.3) is 0 Å². The van der Waals surface area contributed by atoms with E-state index in [1.165, 1.54) is 0 Å². The van der Waals surface area contributed by atoms with Crippen LogP contribution in [0.2, 0.25) is 0 Å². The molecule has 2 atom stereocenters. The number of nitrogens with two attached hydrogens (primary N) is 1. The number of hydrogen-bond acceptors (Lipinski definition) is 3. The number of aromatic nitrogens is 2. The first kappa shape index (κ1) is 13.1. The summed E-state index contributed by atoms with van der Waals surface area (Å²) in [6.07, 6.45) is 2.61. The van der Waals surface area contributed by atoms with Gasteiger partial charge in [0, 0.05) is 19.5 Å². The fourth-order valence-electron chi connectivity index (χ4n) is 3.08. The summed E-state index contributed by atoms with van der Waals surface area (Å²) < 4.78 is 2.10. The summed E-state index contributed by atoms with van der Waals surface area (Å²) in [4.78, 5) is 16.2. The summed E-state index contributed by atoms with van der Waals surface area (Å²) in [5.41, 5.74) is 7.63. The third kappa shape index (κ3) is 2.29. The number of nitrogens with one attached hydrogen (secondary N) is 1. The Bertz CT molecular complexity index is 634. The molecule has 1 aliphatic heterocycles. The Morgan fingerprint density at radius 3 is 3.05 bits per heavy atom. The van der Waals surface area contributed by atoms with Gasteiger partial charge in [-0.05, 0) is 31.5 Å². The Morgan fingerprint density at radius 1 is 1.50 bits per heavy atom.